The van der Waals surface area contributed by atoms with Gasteiger partial charge in [-0.2, -0.15) is 0 Å². The Morgan fingerprint density at radius 3 is 1.44 bits per heavy atom. The third-order valence-electron chi connectivity index (χ3n) is 0.745. The molecular formula is C3H7O4S2. The van der Waals surface area contributed by atoms with Crippen LogP contribution in [0.4, 0.5) is 0 Å². The molecule has 0 aromatic rings. The van der Waals surface area contributed by atoms with E-state index in [1.54, 1.807) is 0 Å². The van der Waals surface area contributed by atoms with Gasteiger partial charge in [-0.25, -0.2) is 16.8 Å². The molecule has 0 aliphatic carbocycles. The van der Waals surface area contributed by atoms with Crippen LogP contribution in [0, 0.1) is 6.92 Å². The van der Waals surface area contributed by atoms with Crippen molar-refractivity contribution in [2.75, 3.05) is 0 Å². The summed E-state index contributed by atoms with van der Waals surface area (Å²) >= 11 is 0. The molecule has 55 valence electrons. The molecule has 0 bridgehead atoms. The molecule has 4 nitrogen and oxygen atoms in total. The summed E-state index contributed by atoms with van der Waals surface area (Å²) in [4.78, 5) is 0. The van der Waals surface area contributed by atoms with Crippen LogP contribution in [0.15, 0.2) is 0 Å². The van der Waals surface area contributed by atoms with Crippen molar-refractivity contribution in [1.29, 1.82) is 0 Å². The Morgan fingerprint density at radius 1 is 1.11 bits per heavy atom. The average Bonchev–Trinajstić information content (AvgIpc) is 1.64. The molecule has 0 saturated heterocycles. The maximum absolute atomic E-state index is 9.99. The van der Waals surface area contributed by atoms with Gasteiger partial charge in [-0.3, -0.25) is 0 Å². The van der Waals surface area contributed by atoms with Crippen LogP contribution in [0.25, 0.3) is 0 Å². The predicted octanol–water partition coefficient (Wildman–Crippen LogP) is -1.24. The number of rotatable bonds is 3. The summed E-state index contributed by atoms with van der Waals surface area (Å²) in [6.45, 7) is 3.16. The van der Waals surface area contributed by atoms with E-state index >= 15 is 0 Å². The number of hydrogen-bond donors (Lipinski definition) is 2. The molecule has 1 radical (unpaired) electrons. The van der Waals surface area contributed by atoms with Gasteiger partial charge in [0.1, 0.15) is 0 Å². The average molecular weight is 171 g/mol. The van der Waals surface area contributed by atoms with Crippen LogP contribution in [0.3, 0.4) is 0 Å². The molecule has 9 heavy (non-hydrogen) atoms. The zero-order valence-electron chi connectivity index (χ0n) is 4.52. The summed E-state index contributed by atoms with van der Waals surface area (Å²) < 4.78 is 38.7. The second-order valence-corrected chi connectivity index (χ2v) is 4.14. The SMILES string of the molecule is [CH2]CC([SH](=O)=O)[SH](=O)=O. The third kappa shape index (κ3) is 2.81. The van der Waals surface area contributed by atoms with Crippen LogP contribution >= 0.6 is 0 Å². The summed E-state index contributed by atoms with van der Waals surface area (Å²) in [5, 5.41) is 0. The Hall–Kier alpha value is -0.100. The van der Waals surface area contributed by atoms with E-state index in [2.05, 4.69) is 6.92 Å². The smallest absolute Gasteiger partial charge is 0.157 e. The van der Waals surface area contributed by atoms with E-state index in [1.807, 2.05) is 0 Å². The fourth-order valence-electron chi connectivity index (χ4n) is 0.288. The lowest BCUT2D eigenvalue weighted by Crippen LogP contribution is -2.09. The zero-order chi connectivity index (χ0) is 7.44. The second-order valence-electron chi connectivity index (χ2n) is 1.34. The van der Waals surface area contributed by atoms with Crippen molar-refractivity contribution in [1.82, 2.24) is 0 Å². The molecule has 0 atom stereocenters. The van der Waals surface area contributed by atoms with Crippen LogP contribution in [0.2, 0.25) is 0 Å². The van der Waals surface area contributed by atoms with Crippen molar-refractivity contribution >= 4 is 21.4 Å². The first-order valence-electron chi connectivity index (χ1n) is 2.15. The first-order valence-corrected chi connectivity index (χ1v) is 4.65. The van der Waals surface area contributed by atoms with Crippen molar-refractivity contribution in [3.63, 3.8) is 0 Å². The minimum Gasteiger partial charge on any atom is -0.231 e. The van der Waals surface area contributed by atoms with Crippen LogP contribution in [0.1, 0.15) is 6.42 Å². The highest BCUT2D eigenvalue weighted by Crippen LogP contribution is 1.94. The lowest BCUT2D eigenvalue weighted by atomic mass is 10.6. The monoisotopic (exact) mass is 171 g/mol. The standard InChI is InChI=1S/C3H7O4S2/c1-2-3(8(4)5)9(6)7/h3,8-9H,1-2H2. The quantitative estimate of drug-likeness (QED) is 0.521. The maximum Gasteiger partial charge on any atom is 0.157 e. The molecule has 0 rings (SSSR count). The normalized spacial score (nSPS) is 11.6. The third-order valence-corrected chi connectivity index (χ3v) is 3.37. The van der Waals surface area contributed by atoms with Crippen LogP contribution in [0.5, 0.6) is 0 Å². The van der Waals surface area contributed by atoms with Crippen molar-refractivity contribution in [3.8, 4) is 0 Å². The molecule has 0 N–H and O–H groups in total. The lowest BCUT2D eigenvalue weighted by Gasteiger charge is -1.92. The summed E-state index contributed by atoms with van der Waals surface area (Å²) in [5.74, 6) is 0. The molecule has 0 heterocycles. The predicted molar refractivity (Wildman–Crippen MR) is 34.4 cm³/mol. The van der Waals surface area contributed by atoms with E-state index in [9.17, 15) is 16.8 Å². The molecule has 0 unspecified atom stereocenters. The van der Waals surface area contributed by atoms with Crippen LogP contribution < -0.4 is 0 Å². The molecule has 0 fully saturated rings. The Kier molecular flexibility index (Phi) is 3.79. The summed E-state index contributed by atoms with van der Waals surface area (Å²) in [6, 6.07) is 0. The molecule has 0 aromatic heterocycles. The minimum absolute atomic E-state index is 0.114. The van der Waals surface area contributed by atoms with Crippen molar-refractivity contribution in [3.05, 3.63) is 6.92 Å². The van der Waals surface area contributed by atoms with Gasteiger partial charge in [-0.05, 0) is 6.42 Å². The van der Waals surface area contributed by atoms with Gasteiger partial charge < -0.3 is 0 Å². The topological polar surface area (TPSA) is 68.3 Å². The van der Waals surface area contributed by atoms with Gasteiger partial charge in [0.2, 0.25) is 0 Å². The molecule has 0 aliphatic rings. The Bertz CT molecular complexity index is 176. The summed E-state index contributed by atoms with van der Waals surface area (Å²) in [7, 11) is -5.72. The molecule has 6 heteroatoms. The zero-order valence-corrected chi connectivity index (χ0v) is 6.31. The van der Waals surface area contributed by atoms with E-state index in [1.165, 1.54) is 0 Å². The highest BCUT2D eigenvalue weighted by atomic mass is 32.2. The lowest BCUT2D eigenvalue weighted by molar-refractivity contribution is 0.596. The summed E-state index contributed by atoms with van der Waals surface area (Å²) in [6.07, 6.45) is -0.114. The summed E-state index contributed by atoms with van der Waals surface area (Å²) in [5.41, 5.74) is 0. The molecule has 0 amide bonds. The van der Waals surface area contributed by atoms with Crippen molar-refractivity contribution < 1.29 is 16.8 Å². The van der Waals surface area contributed by atoms with Gasteiger partial charge in [-0.15, -0.1) is 0 Å². The van der Waals surface area contributed by atoms with E-state index in [-0.39, 0.29) is 6.42 Å². The molecule has 0 spiro atoms. The van der Waals surface area contributed by atoms with Gasteiger partial charge in [0.25, 0.3) is 0 Å². The van der Waals surface area contributed by atoms with Crippen molar-refractivity contribution in [2.24, 2.45) is 0 Å². The van der Waals surface area contributed by atoms with Gasteiger partial charge in [-0.1, -0.05) is 6.92 Å². The van der Waals surface area contributed by atoms with Gasteiger partial charge >= 0.3 is 0 Å². The number of hydrogen-bond acceptors (Lipinski definition) is 4. The molecule has 0 aromatic carbocycles. The molecular weight excluding hydrogens is 164 g/mol. The number of thiol groups is 2. The maximum atomic E-state index is 9.99. The van der Waals surface area contributed by atoms with Crippen LogP contribution in [-0.2, 0) is 21.4 Å². The fourth-order valence-corrected chi connectivity index (χ4v) is 1.33. The molecule has 0 aliphatic heterocycles. The van der Waals surface area contributed by atoms with Gasteiger partial charge in [0.05, 0.1) is 0 Å². The second kappa shape index (κ2) is 3.84. The Morgan fingerprint density at radius 2 is 1.44 bits per heavy atom. The fraction of sp³-hybridized carbons (Fsp3) is 0.667. The largest absolute Gasteiger partial charge is 0.231 e. The Labute approximate surface area is 56.8 Å². The van der Waals surface area contributed by atoms with Crippen LogP contribution in [-0.4, -0.2) is 21.4 Å². The highest BCUT2D eigenvalue weighted by molar-refractivity contribution is 7.91. The van der Waals surface area contributed by atoms with E-state index in [0.717, 1.165) is 0 Å². The van der Waals surface area contributed by atoms with E-state index in [4.69, 9.17) is 0 Å². The van der Waals surface area contributed by atoms with Crippen molar-refractivity contribution in [2.45, 2.75) is 11.0 Å². The highest BCUT2D eigenvalue weighted by Gasteiger charge is 2.10. The minimum atomic E-state index is -2.86. The van der Waals surface area contributed by atoms with Gasteiger partial charge in [0, 0.05) is 0 Å². The van der Waals surface area contributed by atoms with E-state index < -0.39 is 26.0 Å². The first kappa shape index (κ1) is 8.90. The first-order chi connectivity index (χ1) is 4.09. The molecule has 0 saturated carbocycles. The van der Waals surface area contributed by atoms with Gasteiger partial charge in [0.15, 0.2) is 26.0 Å². The Balaban J connectivity index is 4.35. The van der Waals surface area contributed by atoms with E-state index in [0.29, 0.717) is 0 Å².